The fraction of sp³-hybridized carbons (Fsp3) is 0.167. The van der Waals surface area contributed by atoms with E-state index in [0.29, 0.717) is 33.7 Å². The number of carbonyl (C=O) groups excluding carboxylic acids is 1. The van der Waals surface area contributed by atoms with Crippen molar-refractivity contribution in [1.82, 2.24) is 14.9 Å². The first-order valence-corrected chi connectivity index (χ1v) is 14.6. The number of aryl methyl sites for hydroxylation is 1. The normalized spacial score (nSPS) is 11.9. The van der Waals surface area contributed by atoms with E-state index in [1.54, 1.807) is 57.7 Å². The number of aromatic nitrogens is 2. The Kier molecular flexibility index (Phi) is 8.19. The summed E-state index contributed by atoms with van der Waals surface area (Å²) in [4.78, 5) is 30.4. The average Bonchev–Trinajstić information content (AvgIpc) is 3.43. The van der Waals surface area contributed by atoms with E-state index in [1.165, 1.54) is 16.7 Å². The third kappa shape index (κ3) is 5.32. The van der Waals surface area contributed by atoms with Crippen molar-refractivity contribution < 1.29 is 28.2 Å². The molecule has 0 saturated carbocycles. The van der Waals surface area contributed by atoms with Crippen LogP contribution < -0.4 is 20.3 Å². The maximum Gasteiger partial charge on any atom is 0.258 e. The van der Waals surface area contributed by atoms with Gasteiger partial charge in [0, 0.05) is 35.6 Å². The number of pyridine rings is 1. The topological polar surface area (TPSA) is 106 Å². The highest BCUT2D eigenvalue weighted by Crippen LogP contribution is 2.42. The minimum atomic E-state index is -1.22. The smallest absolute Gasteiger partial charge is 0.258 e. The molecule has 0 radical (unpaired) electrons. The van der Waals surface area contributed by atoms with Gasteiger partial charge in [0.25, 0.3) is 11.5 Å². The molecule has 3 N–H and O–H groups in total. The third-order valence-corrected chi connectivity index (χ3v) is 8.32. The van der Waals surface area contributed by atoms with Crippen LogP contribution in [0.5, 0.6) is 17.2 Å². The van der Waals surface area contributed by atoms with Crippen LogP contribution in [-0.2, 0) is 13.5 Å². The average molecular weight is 624 g/mol. The van der Waals surface area contributed by atoms with Gasteiger partial charge in [0.2, 0.25) is 0 Å². The number of nitrogens with one attached hydrogen (secondary N) is 2. The zero-order valence-corrected chi connectivity index (χ0v) is 25.4. The minimum Gasteiger partial charge on any atom is -0.507 e. The lowest BCUT2D eigenvalue weighted by molar-refractivity contribution is 0.0949. The number of nitrogens with zero attached hydrogens (tertiary/aromatic N) is 1. The number of hydrogen-bond acceptors (Lipinski definition) is 5. The summed E-state index contributed by atoms with van der Waals surface area (Å²) in [6.45, 7) is 0.0541. The van der Waals surface area contributed by atoms with Gasteiger partial charge < -0.3 is 29.4 Å². The molecule has 0 bridgehead atoms. The number of H-pyrrole nitrogens is 1. The molecule has 0 aliphatic rings. The first kappa shape index (κ1) is 30.4. The van der Waals surface area contributed by atoms with E-state index in [9.17, 15) is 23.5 Å². The van der Waals surface area contributed by atoms with Crippen molar-refractivity contribution in [2.45, 2.75) is 12.3 Å². The van der Waals surface area contributed by atoms with Crippen molar-refractivity contribution in [3.63, 3.8) is 0 Å². The Hall–Kier alpha value is -5.64. The van der Waals surface area contributed by atoms with E-state index >= 15 is 0 Å². The number of hydrogen-bond donors (Lipinski definition) is 3. The van der Waals surface area contributed by atoms with Crippen molar-refractivity contribution in [1.29, 1.82) is 0 Å². The van der Waals surface area contributed by atoms with Crippen molar-refractivity contribution >= 4 is 27.7 Å². The summed E-state index contributed by atoms with van der Waals surface area (Å²) in [7, 11) is 4.76. The van der Waals surface area contributed by atoms with Gasteiger partial charge in [-0.2, -0.15) is 0 Å². The summed E-state index contributed by atoms with van der Waals surface area (Å²) >= 11 is 0. The molecule has 1 atom stereocenters. The molecule has 4 aromatic carbocycles. The molecule has 0 spiro atoms. The monoisotopic (exact) mass is 623 g/mol. The Bertz CT molecular complexity index is 2170. The number of para-hydroxylation sites is 1. The quantitative estimate of drug-likeness (QED) is 0.179. The van der Waals surface area contributed by atoms with E-state index in [4.69, 9.17) is 9.47 Å². The number of ether oxygens (including phenoxy) is 2. The standard InChI is InChI=1S/C36H31F2N3O5/c1-41-29-13-5-4-10-24(29)34(42)31(36(41)44)30(20-8-6-9-21(18-20)45-2)33-23(26-19-22(46-3)14-15-28(26)40-33)16-17-39-35(43)25-11-7-12-27(37)32(25)38/h4-15,18-19,30,40,42H,16-17H2,1-3H3,(H,39,43). The molecule has 6 rings (SSSR count). The second-order valence-corrected chi connectivity index (χ2v) is 10.9. The van der Waals surface area contributed by atoms with Crippen molar-refractivity contribution in [3.8, 4) is 17.2 Å². The fourth-order valence-electron chi connectivity index (χ4n) is 6.03. The molecular formula is C36H31F2N3O5. The predicted molar refractivity (Wildman–Crippen MR) is 172 cm³/mol. The summed E-state index contributed by atoms with van der Waals surface area (Å²) in [5.41, 5.74) is 2.68. The molecule has 2 heterocycles. The highest BCUT2D eigenvalue weighted by Gasteiger charge is 2.31. The van der Waals surface area contributed by atoms with E-state index in [2.05, 4.69) is 10.3 Å². The molecule has 1 unspecified atom stereocenters. The highest BCUT2D eigenvalue weighted by atomic mass is 19.2. The largest absolute Gasteiger partial charge is 0.507 e. The molecular weight excluding hydrogens is 592 g/mol. The van der Waals surface area contributed by atoms with Gasteiger partial charge in [-0.3, -0.25) is 9.59 Å². The van der Waals surface area contributed by atoms with Gasteiger partial charge >= 0.3 is 0 Å². The summed E-state index contributed by atoms with van der Waals surface area (Å²) in [5, 5.41) is 15.7. The molecule has 2 aromatic heterocycles. The summed E-state index contributed by atoms with van der Waals surface area (Å²) < 4.78 is 40.7. The third-order valence-electron chi connectivity index (χ3n) is 8.32. The number of aromatic hydroxyl groups is 1. The maximum atomic E-state index is 14.4. The van der Waals surface area contributed by atoms with Gasteiger partial charge in [-0.15, -0.1) is 0 Å². The molecule has 10 heteroatoms. The van der Waals surface area contributed by atoms with Gasteiger partial charge in [0.1, 0.15) is 17.2 Å². The van der Waals surface area contributed by atoms with Gasteiger partial charge in [0.05, 0.1) is 36.8 Å². The Morgan fingerprint density at radius 3 is 2.46 bits per heavy atom. The lowest BCUT2D eigenvalue weighted by Gasteiger charge is -2.22. The second-order valence-electron chi connectivity index (χ2n) is 10.9. The SMILES string of the molecule is COc1cccc(C(c2[nH]c3ccc(OC)cc3c2CCNC(=O)c2cccc(F)c2F)c2c(O)c3ccccc3n(C)c2=O)c1. The van der Waals surface area contributed by atoms with Crippen LogP contribution in [0.15, 0.2) is 89.7 Å². The Morgan fingerprint density at radius 1 is 0.935 bits per heavy atom. The molecule has 0 saturated heterocycles. The van der Waals surface area contributed by atoms with Crippen LogP contribution in [0, 0.1) is 11.6 Å². The van der Waals surface area contributed by atoms with Crippen LogP contribution in [0.1, 0.15) is 38.7 Å². The fourth-order valence-corrected chi connectivity index (χ4v) is 6.03. The number of halogens is 2. The molecule has 1 amide bonds. The van der Waals surface area contributed by atoms with E-state index in [0.717, 1.165) is 22.5 Å². The van der Waals surface area contributed by atoms with Crippen molar-refractivity contribution in [2.75, 3.05) is 20.8 Å². The van der Waals surface area contributed by atoms with Gasteiger partial charge in [-0.05, 0) is 72.1 Å². The van der Waals surface area contributed by atoms with E-state index in [1.807, 2.05) is 30.3 Å². The van der Waals surface area contributed by atoms with Crippen molar-refractivity contribution in [3.05, 3.63) is 135 Å². The van der Waals surface area contributed by atoms with Crippen LogP contribution in [-0.4, -0.2) is 41.3 Å². The van der Waals surface area contributed by atoms with E-state index < -0.39 is 29.0 Å². The van der Waals surface area contributed by atoms with Crippen LogP contribution >= 0.6 is 0 Å². The first-order valence-electron chi connectivity index (χ1n) is 14.6. The number of amides is 1. The predicted octanol–water partition coefficient (Wildman–Crippen LogP) is 6.17. The summed E-state index contributed by atoms with van der Waals surface area (Å²) in [5.74, 6) is -2.90. The molecule has 6 aromatic rings. The van der Waals surface area contributed by atoms with Crippen molar-refractivity contribution in [2.24, 2.45) is 7.05 Å². The number of aromatic amines is 1. The Labute approximate surface area is 262 Å². The molecule has 46 heavy (non-hydrogen) atoms. The molecule has 234 valence electrons. The summed E-state index contributed by atoms with van der Waals surface area (Å²) in [6, 6.07) is 23.3. The number of methoxy groups -OCH3 is 2. The molecule has 0 fully saturated rings. The zero-order chi connectivity index (χ0) is 32.5. The first-order chi connectivity index (χ1) is 22.2. The van der Waals surface area contributed by atoms with Gasteiger partial charge in [0.15, 0.2) is 11.6 Å². The minimum absolute atomic E-state index is 0.0541. The van der Waals surface area contributed by atoms with Gasteiger partial charge in [-0.25, -0.2) is 8.78 Å². The van der Waals surface area contributed by atoms with Crippen LogP contribution in [0.2, 0.25) is 0 Å². The van der Waals surface area contributed by atoms with Gasteiger partial charge in [-0.1, -0.05) is 30.3 Å². The second kappa shape index (κ2) is 12.4. The molecule has 0 aliphatic heterocycles. The Balaban J connectivity index is 1.54. The zero-order valence-electron chi connectivity index (χ0n) is 25.4. The summed E-state index contributed by atoms with van der Waals surface area (Å²) in [6.07, 6.45) is 0.236. The lowest BCUT2D eigenvalue weighted by Crippen LogP contribution is -2.28. The van der Waals surface area contributed by atoms with Crippen LogP contribution in [0.3, 0.4) is 0 Å². The maximum absolute atomic E-state index is 14.4. The Morgan fingerprint density at radius 2 is 1.67 bits per heavy atom. The number of rotatable bonds is 9. The van der Waals surface area contributed by atoms with E-state index in [-0.39, 0.29) is 29.8 Å². The highest BCUT2D eigenvalue weighted by molar-refractivity contribution is 5.94. The molecule has 8 nitrogen and oxygen atoms in total. The number of benzene rings is 4. The lowest BCUT2D eigenvalue weighted by atomic mass is 9.85. The van der Waals surface area contributed by atoms with Crippen LogP contribution in [0.4, 0.5) is 8.78 Å². The molecule has 0 aliphatic carbocycles. The van der Waals surface area contributed by atoms with Crippen LogP contribution in [0.25, 0.3) is 21.8 Å². The number of carbonyl (C=O) groups is 1. The number of fused-ring (bicyclic) bond motifs is 2.